The van der Waals surface area contributed by atoms with E-state index < -0.39 is 15.4 Å². The lowest BCUT2D eigenvalue weighted by Crippen LogP contribution is -2.23. The van der Waals surface area contributed by atoms with Crippen molar-refractivity contribution >= 4 is 38.1 Å². The number of sulfone groups is 1. The Hall–Kier alpha value is -0.820. The largest absolute Gasteiger partial charge is 0.396 e. The van der Waals surface area contributed by atoms with Crippen LogP contribution in [0.3, 0.4) is 0 Å². The summed E-state index contributed by atoms with van der Waals surface area (Å²) in [5, 5.41) is 13.3. The average Bonchev–Trinajstić information content (AvgIpc) is 2.77. The maximum Gasteiger partial charge on any atom is 0.199 e. The molecule has 1 heterocycles. The van der Waals surface area contributed by atoms with Crippen LogP contribution >= 0.6 is 23.2 Å². The highest BCUT2D eigenvalue weighted by Gasteiger charge is 2.36. The molecule has 0 aromatic heterocycles. The Labute approximate surface area is 139 Å². The van der Waals surface area contributed by atoms with E-state index in [0.29, 0.717) is 27.6 Å². The fraction of sp³-hybridized carbons (Fsp3) is 0.500. The number of aliphatic hydroxyl groups is 1. The fourth-order valence-electron chi connectivity index (χ4n) is 2.11. The first-order valence-corrected chi connectivity index (χ1v) is 9.11. The van der Waals surface area contributed by atoms with Crippen LogP contribution in [0.5, 0.6) is 0 Å². The number of nitrogens with zero attached hydrogens (tertiary/aromatic N) is 1. The zero-order valence-electron chi connectivity index (χ0n) is 12.3. The smallest absolute Gasteiger partial charge is 0.199 e. The second-order valence-electron chi connectivity index (χ2n) is 5.78. The average molecular weight is 366 g/mol. The molecule has 0 bridgehead atoms. The van der Waals surface area contributed by atoms with E-state index in [1.54, 1.807) is 19.9 Å². The Morgan fingerprint density at radius 2 is 1.86 bits per heavy atom. The molecule has 2 rings (SSSR count). The third kappa shape index (κ3) is 3.93. The van der Waals surface area contributed by atoms with Crippen molar-refractivity contribution in [1.82, 2.24) is 0 Å². The molecule has 1 aliphatic heterocycles. The molecule has 0 saturated heterocycles. The summed E-state index contributed by atoms with van der Waals surface area (Å²) in [4.78, 5) is 5.10. The van der Waals surface area contributed by atoms with Crippen molar-refractivity contribution in [2.75, 3.05) is 6.61 Å². The standard InChI is InChI=1S/C14H17Cl2NO4S/c1-14(2)7-13(17-21-14)22(19,20)8-10-6-11(15)9(3-4-18)5-12(10)16/h5-6,18H,3-4,7-8H2,1-2H3. The molecule has 5 nitrogen and oxygen atoms in total. The number of benzene rings is 1. The monoisotopic (exact) mass is 365 g/mol. The van der Waals surface area contributed by atoms with Crippen LogP contribution in [0.25, 0.3) is 0 Å². The van der Waals surface area contributed by atoms with E-state index in [4.69, 9.17) is 33.1 Å². The third-order valence-corrected chi connectivity index (χ3v) is 5.60. The Kier molecular flexibility index (Phi) is 5.06. The van der Waals surface area contributed by atoms with Crippen LogP contribution in [0.15, 0.2) is 17.3 Å². The summed E-state index contributed by atoms with van der Waals surface area (Å²) >= 11 is 12.2. The summed E-state index contributed by atoms with van der Waals surface area (Å²) in [6, 6.07) is 3.11. The summed E-state index contributed by atoms with van der Waals surface area (Å²) in [5.74, 6) is -0.288. The predicted molar refractivity (Wildman–Crippen MR) is 87.1 cm³/mol. The lowest BCUT2D eigenvalue weighted by Gasteiger charge is -2.13. The van der Waals surface area contributed by atoms with Gasteiger partial charge in [-0.25, -0.2) is 8.42 Å². The molecule has 1 N–H and O–H groups in total. The van der Waals surface area contributed by atoms with Crippen molar-refractivity contribution in [1.29, 1.82) is 0 Å². The molecule has 0 saturated carbocycles. The van der Waals surface area contributed by atoms with E-state index in [2.05, 4.69) is 5.16 Å². The van der Waals surface area contributed by atoms with Gasteiger partial charge in [0.1, 0.15) is 5.60 Å². The molecule has 1 aromatic rings. The number of aliphatic hydroxyl groups excluding tert-OH is 1. The summed E-state index contributed by atoms with van der Waals surface area (Å²) in [7, 11) is -3.62. The molecule has 0 amide bonds. The van der Waals surface area contributed by atoms with Gasteiger partial charge in [-0.15, -0.1) is 0 Å². The van der Waals surface area contributed by atoms with E-state index >= 15 is 0 Å². The third-order valence-electron chi connectivity index (χ3n) is 3.27. The summed E-state index contributed by atoms with van der Waals surface area (Å²) < 4.78 is 24.8. The first-order valence-electron chi connectivity index (χ1n) is 6.70. The molecule has 8 heteroatoms. The molecule has 22 heavy (non-hydrogen) atoms. The van der Waals surface area contributed by atoms with Crippen LogP contribution in [0.1, 0.15) is 31.4 Å². The number of oxime groups is 1. The minimum atomic E-state index is -3.62. The zero-order valence-corrected chi connectivity index (χ0v) is 14.6. The van der Waals surface area contributed by atoms with Gasteiger partial charge in [0, 0.05) is 23.1 Å². The summed E-state index contributed by atoms with van der Waals surface area (Å²) in [5.41, 5.74) is 0.466. The van der Waals surface area contributed by atoms with Gasteiger partial charge in [0.2, 0.25) is 0 Å². The van der Waals surface area contributed by atoms with Gasteiger partial charge in [0.25, 0.3) is 0 Å². The Morgan fingerprint density at radius 3 is 2.41 bits per heavy atom. The van der Waals surface area contributed by atoms with E-state index in [1.165, 1.54) is 6.07 Å². The first kappa shape index (κ1) is 17.5. The highest BCUT2D eigenvalue weighted by Crippen LogP contribution is 2.30. The molecule has 122 valence electrons. The van der Waals surface area contributed by atoms with Gasteiger partial charge in [-0.3, -0.25) is 0 Å². The van der Waals surface area contributed by atoms with E-state index in [0.717, 1.165) is 0 Å². The molecule has 0 spiro atoms. The fourth-order valence-corrected chi connectivity index (χ4v) is 4.26. The van der Waals surface area contributed by atoms with Gasteiger partial charge in [-0.1, -0.05) is 28.4 Å². The van der Waals surface area contributed by atoms with E-state index in [1.807, 2.05) is 0 Å². The first-order chi connectivity index (χ1) is 10.1. The van der Waals surface area contributed by atoms with Crippen molar-refractivity contribution in [3.8, 4) is 0 Å². The highest BCUT2D eigenvalue weighted by atomic mass is 35.5. The molecular formula is C14H17Cl2NO4S. The van der Waals surface area contributed by atoms with Gasteiger partial charge < -0.3 is 9.94 Å². The molecule has 0 aliphatic carbocycles. The Morgan fingerprint density at radius 1 is 1.27 bits per heavy atom. The van der Waals surface area contributed by atoms with Crippen LogP contribution in [0.4, 0.5) is 0 Å². The maximum atomic E-state index is 12.4. The summed E-state index contributed by atoms with van der Waals surface area (Å²) in [6.07, 6.45) is 0.587. The SMILES string of the molecule is CC1(C)CC(S(=O)(=O)Cc2cc(Cl)c(CCO)cc2Cl)=NO1. The summed E-state index contributed by atoms with van der Waals surface area (Å²) in [6.45, 7) is 3.48. The van der Waals surface area contributed by atoms with Gasteiger partial charge in [0.15, 0.2) is 14.9 Å². The van der Waals surface area contributed by atoms with Gasteiger partial charge in [-0.05, 0) is 43.5 Å². The second-order valence-corrected chi connectivity index (χ2v) is 8.58. The van der Waals surface area contributed by atoms with Crippen molar-refractivity contribution < 1.29 is 18.4 Å². The molecule has 0 fully saturated rings. The number of hydrogen-bond acceptors (Lipinski definition) is 5. The minimum Gasteiger partial charge on any atom is -0.396 e. The van der Waals surface area contributed by atoms with Crippen molar-refractivity contribution in [2.24, 2.45) is 5.16 Å². The van der Waals surface area contributed by atoms with Gasteiger partial charge in [0.05, 0.1) is 5.75 Å². The number of rotatable bonds is 4. The minimum absolute atomic E-state index is 0.0177. The van der Waals surface area contributed by atoms with E-state index in [-0.39, 0.29) is 23.8 Å². The van der Waals surface area contributed by atoms with E-state index in [9.17, 15) is 8.42 Å². The van der Waals surface area contributed by atoms with Crippen molar-refractivity contribution in [2.45, 2.75) is 38.0 Å². The quantitative estimate of drug-likeness (QED) is 0.889. The van der Waals surface area contributed by atoms with Gasteiger partial charge in [-0.2, -0.15) is 0 Å². The lowest BCUT2D eigenvalue weighted by molar-refractivity contribution is 0.0123. The molecule has 0 unspecified atom stereocenters. The Balaban J connectivity index is 2.25. The number of hydrogen-bond donors (Lipinski definition) is 1. The Bertz CT molecular complexity index is 714. The highest BCUT2D eigenvalue weighted by molar-refractivity contribution is 8.05. The van der Waals surface area contributed by atoms with Gasteiger partial charge >= 0.3 is 0 Å². The lowest BCUT2D eigenvalue weighted by atomic mass is 10.1. The molecule has 0 atom stereocenters. The van der Waals surface area contributed by atoms with Crippen LogP contribution < -0.4 is 0 Å². The van der Waals surface area contributed by atoms with Crippen LogP contribution in [0, 0.1) is 0 Å². The second kappa shape index (κ2) is 6.35. The molecule has 1 aliphatic rings. The van der Waals surface area contributed by atoms with Crippen LogP contribution in [-0.4, -0.2) is 30.8 Å². The topological polar surface area (TPSA) is 76.0 Å². The zero-order chi connectivity index (χ0) is 16.5. The molecular weight excluding hydrogens is 349 g/mol. The molecule has 1 aromatic carbocycles. The van der Waals surface area contributed by atoms with Crippen molar-refractivity contribution in [3.05, 3.63) is 33.3 Å². The normalized spacial score (nSPS) is 17.2. The number of halogens is 2. The maximum absolute atomic E-state index is 12.4. The van der Waals surface area contributed by atoms with Crippen molar-refractivity contribution in [3.63, 3.8) is 0 Å². The van der Waals surface area contributed by atoms with Crippen LogP contribution in [-0.2, 0) is 26.8 Å². The predicted octanol–water partition coefficient (Wildman–Crippen LogP) is 2.96. The van der Waals surface area contributed by atoms with Crippen LogP contribution in [0.2, 0.25) is 10.0 Å². The molecule has 0 radical (unpaired) electrons.